The van der Waals surface area contributed by atoms with Gasteiger partial charge >= 0.3 is 0 Å². The van der Waals surface area contributed by atoms with E-state index >= 15 is 0 Å². The molecule has 2 aromatic rings. The van der Waals surface area contributed by atoms with Gasteiger partial charge in [0, 0.05) is 23.3 Å². The van der Waals surface area contributed by atoms with E-state index in [1.807, 2.05) is 0 Å². The first-order valence-electron chi connectivity index (χ1n) is 6.61. The average Bonchev–Trinajstić information content (AvgIpc) is 3.00. The van der Waals surface area contributed by atoms with Crippen LogP contribution in [0, 0.1) is 6.92 Å². The summed E-state index contributed by atoms with van der Waals surface area (Å²) < 4.78 is 0. The zero-order chi connectivity index (χ0) is 13.7. The standard InChI is InChI=1S/C14H21N3S2/c1-4-7-15-9-13-11(2)16-14(19-13)17(3)10-12-6-5-8-18-12/h5-6,8,15H,4,7,9-10H2,1-3H3. The SMILES string of the molecule is CCCNCc1sc(N(C)Cc2cccs2)nc1C. The average molecular weight is 295 g/mol. The molecule has 2 rings (SSSR count). The summed E-state index contributed by atoms with van der Waals surface area (Å²) in [5.74, 6) is 0. The maximum Gasteiger partial charge on any atom is 0.185 e. The lowest BCUT2D eigenvalue weighted by atomic mass is 10.4. The van der Waals surface area contributed by atoms with Crippen LogP contribution in [0.3, 0.4) is 0 Å². The second-order valence-corrected chi connectivity index (χ2v) is 6.71. The van der Waals surface area contributed by atoms with Crippen molar-refractivity contribution in [2.75, 3.05) is 18.5 Å². The summed E-state index contributed by atoms with van der Waals surface area (Å²) in [6, 6.07) is 4.27. The van der Waals surface area contributed by atoms with E-state index in [0.29, 0.717) is 0 Å². The van der Waals surface area contributed by atoms with Crippen LogP contribution in [0.2, 0.25) is 0 Å². The maximum absolute atomic E-state index is 4.68. The second kappa shape index (κ2) is 7.03. The molecule has 0 unspecified atom stereocenters. The van der Waals surface area contributed by atoms with Crippen LogP contribution in [-0.2, 0) is 13.1 Å². The molecule has 5 heteroatoms. The minimum atomic E-state index is 0.935. The Morgan fingerprint density at radius 2 is 2.26 bits per heavy atom. The van der Waals surface area contributed by atoms with Gasteiger partial charge in [-0.2, -0.15) is 0 Å². The van der Waals surface area contributed by atoms with E-state index in [2.05, 4.69) is 53.6 Å². The zero-order valence-electron chi connectivity index (χ0n) is 11.8. The quantitative estimate of drug-likeness (QED) is 0.790. The molecule has 19 heavy (non-hydrogen) atoms. The number of rotatable bonds is 7. The molecule has 1 N–H and O–H groups in total. The van der Waals surface area contributed by atoms with Crippen molar-refractivity contribution < 1.29 is 0 Å². The number of thiazole rings is 1. The van der Waals surface area contributed by atoms with Gasteiger partial charge in [0.05, 0.1) is 12.2 Å². The van der Waals surface area contributed by atoms with Crippen molar-refractivity contribution in [3.63, 3.8) is 0 Å². The predicted octanol–water partition coefficient (Wildman–Crippen LogP) is 3.65. The largest absolute Gasteiger partial charge is 0.346 e. The first-order valence-corrected chi connectivity index (χ1v) is 8.31. The summed E-state index contributed by atoms with van der Waals surface area (Å²) >= 11 is 3.59. The Hall–Kier alpha value is -0.910. The van der Waals surface area contributed by atoms with Crippen molar-refractivity contribution in [1.29, 1.82) is 0 Å². The highest BCUT2D eigenvalue weighted by Crippen LogP contribution is 2.26. The van der Waals surface area contributed by atoms with E-state index in [0.717, 1.165) is 30.5 Å². The van der Waals surface area contributed by atoms with Gasteiger partial charge in [0.1, 0.15) is 0 Å². The van der Waals surface area contributed by atoms with Crippen LogP contribution in [0.25, 0.3) is 0 Å². The smallest absolute Gasteiger partial charge is 0.185 e. The molecule has 104 valence electrons. The van der Waals surface area contributed by atoms with Gasteiger partial charge in [-0.3, -0.25) is 0 Å². The normalized spacial score (nSPS) is 10.9. The number of nitrogens with one attached hydrogen (secondary N) is 1. The molecule has 0 amide bonds. The Labute approximate surface area is 123 Å². The number of hydrogen-bond acceptors (Lipinski definition) is 5. The third kappa shape index (κ3) is 4.03. The second-order valence-electron chi connectivity index (χ2n) is 4.62. The molecule has 0 aromatic carbocycles. The zero-order valence-corrected chi connectivity index (χ0v) is 13.4. The van der Waals surface area contributed by atoms with Crippen LogP contribution in [0.5, 0.6) is 0 Å². The molecule has 2 heterocycles. The molecule has 0 aliphatic carbocycles. The van der Waals surface area contributed by atoms with Gasteiger partial charge in [0.25, 0.3) is 0 Å². The lowest BCUT2D eigenvalue weighted by Gasteiger charge is -2.14. The van der Waals surface area contributed by atoms with Gasteiger partial charge in [-0.15, -0.1) is 22.7 Å². The molecule has 0 aliphatic heterocycles. The molecule has 0 fully saturated rings. The molecule has 0 saturated heterocycles. The summed E-state index contributed by atoms with van der Waals surface area (Å²) in [5, 5.41) is 6.68. The molecule has 0 atom stereocenters. The van der Waals surface area contributed by atoms with Crippen LogP contribution >= 0.6 is 22.7 Å². The Morgan fingerprint density at radius 1 is 1.42 bits per heavy atom. The van der Waals surface area contributed by atoms with Crippen LogP contribution in [0.15, 0.2) is 17.5 Å². The molecule has 0 bridgehead atoms. The maximum atomic E-state index is 4.68. The van der Waals surface area contributed by atoms with Gasteiger partial charge in [-0.05, 0) is 31.3 Å². The summed E-state index contributed by atoms with van der Waals surface area (Å²) in [7, 11) is 2.11. The summed E-state index contributed by atoms with van der Waals surface area (Å²) in [4.78, 5) is 9.63. The Kier molecular flexibility index (Phi) is 5.36. The van der Waals surface area contributed by atoms with Crippen molar-refractivity contribution in [1.82, 2.24) is 10.3 Å². The highest BCUT2D eigenvalue weighted by Gasteiger charge is 2.11. The first-order chi connectivity index (χ1) is 9.20. The lowest BCUT2D eigenvalue weighted by molar-refractivity contribution is 0.678. The lowest BCUT2D eigenvalue weighted by Crippen LogP contribution is -2.15. The van der Waals surface area contributed by atoms with Crippen LogP contribution in [0.4, 0.5) is 5.13 Å². The van der Waals surface area contributed by atoms with Gasteiger partial charge in [-0.1, -0.05) is 13.0 Å². The Morgan fingerprint density at radius 3 is 2.95 bits per heavy atom. The summed E-state index contributed by atoms with van der Waals surface area (Å²) in [5.41, 5.74) is 1.15. The number of aromatic nitrogens is 1. The molecule has 0 radical (unpaired) electrons. The summed E-state index contributed by atoms with van der Waals surface area (Å²) in [6.07, 6.45) is 1.17. The van der Waals surface area contributed by atoms with Gasteiger partial charge in [-0.25, -0.2) is 4.98 Å². The number of thiophene rings is 1. The number of anilines is 1. The van der Waals surface area contributed by atoms with Gasteiger partial charge in [0.15, 0.2) is 5.13 Å². The third-order valence-corrected chi connectivity index (χ3v) is 5.03. The molecular formula is C14H21N3S2. The molecule has 0 saturated carbocycles. The van der Waals surface area contributed by atoms with Crippen molar-refractivity contribution in [2.24, 2.45) is 0 Å². The van der Waals surface area contributed by atoms with E-state index in [4.69, 9.17) is 0 Å². The van der Waals surface area contributed by atoms with E-state index in [1.54, 1.807) is 22.7 Å². The number of nitrogens with zero attached hydrogens (tertiary/aromatic N) is 2. The van der Waals surface area contributed by atoms with Gasteiger partial charge < -0.3 is 10.2 Å². The Bertz CT molecular complexity index is 491. The monoisotopic (exact) mass is 295 g/mol. The van der Waals surface area contributed by atoms with Crippen molar-refractivity contribution in [2.45, 2.75) is 33.4 Å². The predicted molar refractivity (Wildman–Crippen MR) is 85.3 cm³/mol. The van der Waals surface area contributed by atoms with Crippen LogP contribution < -0.4 is 10.2 Å². The van der Waals surface area contributed by atoms with E-state index in [-0.39, 0.29) is 0 Å². The van der Waals surface area contributed by atoms with E-state index in [1.165, 1.54) is 16.2 Å². The van der Waals surface area contributed by atoms with Crippen LogP contribution in [0.1, 0.15) is 28.8 Å². The van der Waals surface area contributed by atoms with Crippen molar-refractivity contribution >= 4 is 27.8 Å². The molecule has 0 spiro atoms. The number of aryl methyl sites for hydroxylation is 1. The van der Waals surface area contributed by atoms with Crippen LogP contribution in [-0.4, -0.2) is 18.6 Å². The highest BCUT2D eigenvalue weighted by molar-refractivity contribution is 7.15. The molecule has 3 nitrogen and oxygen atoms in total. The summed E-state index contributed by atoms with van der Waals surface area (Å²) in [6.45, 7) is 7.23. The Balaban J connectivity index is 1.98. The van der Waals surface area contributed by atoms with Gasteiger partial charge in [0.2, 0.25) is 0 Å². The fraction of sp³-hybridized carbons (Fsp3) is 0.500. The minimum absolute atomic E-state index is 0.935. The molecular weight excluding hydrogens is 274 g/mol. The van der Waals surface area contributed by atoms with Crippen molar-refractivity contribution in [3.05, 3.63) is 33.0 Å². The van der Waals surface area contributed by atoms with E-state index in [9.17, 15) is 0 Å². The van der Waals surface area contributed by atoms with E-state index < -0.39 is 0 Å². The molecule has 0 aliphatic rings. The highest BCUT2D eigenvalue weighted by atomic mass is 32.1. The van der Waals surface area contributed by atoms with Crippen molar-refractivity contribution in [3.8, 4) is 0 Å². The first kappa shape index (κ1) is 14.5. The fourth-order valence-corrected chi connectivity index (χ4v) is 3.57. The third-order valence-electron chi connectivity index (χ3n) is 2.89. The number of hydrogen-bond donors (Lipinski definition) is 1. The molecule has 2 aromatic heterocycles. The fourth-order valence-electron chi connectivity index (χ4n) is 1.82. The topological polar surface area (TPSA) is 28.2 Å². The minimum Gasteiger partial charge on any atom is -0.346 e.